The van der Waals surface area contributed by atoms with Gasteiger partial charge in [0.1, 0.15) is 5.76 Å². The average Bonchev–Trinajstić information content (AvgIpc) is 3.36. The Balaban J connectivity index is 1.49. The molecule has 0 radical (unpaired) electrons. The van der Waals surface area contributed by atoms with Gasteiger partial charge in [0.2, 0.25) is 0 Å². The third kappa shape index (κ3) is 7.45. The molecule has 0 N–H and O–H groups in total. The minimum Gasteiger partial charge on any atom is -0.455 e. The van der Waals surface area contributed by atoms with E-state index in [0.29, 0.717) is 31.4 Å². The first-order valence-electron chi connectivity index (χ1n) is 13.0. The number of furan rings is 1. The zero-order valence-corrected chi connectivity index (χ0v) is 22.3. The molecular weight excluding hydrogens is 470 g/mol. The summed E-state index contributed by atoms with van der Waals surface area (Å²) in [6.45, 7) is 3.43. The van der Waals surface area contributed by atoms with E-state index >= 15 is 0 Å². The molecule has 0 unspecified atom stereocenters. The van der Waals surface area contributed by atoms with Crippen LogP contribution in [0, 0.1) is 0 Å². The number of carbonyl (C=O) groups excluding carboxylic acids is 1. The van der Waals surface area contributed by atoms with Gasteiger partial charge in [-0.2, -0.15) is 0 Å². The van der Waals surface area contributed by atoms with Gasteiger partial charge in [0.05, 0.1) is 6.54 Å². The van der Waals surface area contributed by atoms with E-state index in [1.165, 1.54) is 32.1 Å². The van der Waals surface area contributed by atoms with Crippen LogP contribution < -0.4 is 0 Å². The molecule has 0 aliphatic heterocycles. The van der Waals surface area contributed by atoms with E-state index in [1.54, 1.807) is 0 Å². The first-order valence-corrected chi connectivity index (χ1v) is 13.4. The van der Waals surface area contributed by atoms with E-state index < -0.39 is 0 Å². The summed E-state index contributed by atoms with van der Waals surface area (Å²) in [5.74, 6) is 1.16. The molecule has 6 heteroatoms. The Kier molecular flexibility index (Phi) is 9.62. The maximum Gasteiger partial charge on any atom is 0.289 e. The average molecular weight is 508 g/mol. The van der Waals surface area contributed by atoms with Crippen LogP contribution in [0.15, 0.2) is 71.1 Å². The molecule has 1 amide bonds. The van der Waals surface area contributed by atoms with E-state index in [9.17, 15) is 4.79 Å². The van der Waals surface area contributed by atoms with Crippen molar-refractivity contribution in [2.45, 2.75) is 57.8 Å². The van der Waals surface area contributed by atoms with Crippen LogP contribution in [0.5, 0.6) is 0 Å². The van der Waals surface area contributed by atoms with Crippen molar-refractivity contribution < 1.29 is 9.21 Å². The molecule has 1 aliphatic rings. The molecule has 0 bridgehead atoms. The molecule has 0 saturated heterocycles. The molecule has 2 aromatic carbocycles. The molecule has 1 heterocycles. The van der Waals surface area contributed by atoms with Crippen molar-refractivity contribution in [3.8, 4) is 0 Å². The molecule has 36 heavy (non-hydrogen) atoms. The van der Waals surface area contributed by atoms with Gasteiger partial charge in [0, 0.05) is 37.2 Å². The SMILES string of the molecule is CN(C)CCN(Cc1ccccc1)C(=O)c1ccc(CN(Cc2ccccc2Cl)C2CCCCC2)o1. The predicted molar refractivity (Wildman–Crippen MR) is 146 cm³/mol. The molecule has 1 fully saturated rings. The highest BCUT2D eigenvalue weighted by molar-refractivity contribution is 6.31. The van der Waals surface area contributed by atoms with Gasteiger partial charge >= 0.3 is 0 Å². The lowest BCUT2D eigenvalue weighted by Crippen LogP contribution is -2.36. The smallest absolute Gasteiger partial charge is 0.289 e. The molecular formula is C30H38ClN3O2. The highest BCUT2D eigenvalue weighted by Crippen LogP contribution is 2.28. The lowest BCUT2D eigenvalue weighted by Gasteiger charge is -2.34. The van der Waals surface area contributed by atoms with Crippen molar-refractivity contribution in [1.29, 1.82) is 0 Å². The zero-order chi connectivity index (χ0) is 25.3. The lowest BCUT2D eigenvalue weighted by molar-refractivity contribution is 0.0692. The third-order valence-corrected chi connectivity index (χ3v) is 7.34. The zero-order valence-electron chi connectivity index (χ0n) is 21.5. The fraction of sp³-hybridized carbons (Fsp3) is 0.433. The number of hydrogen-bond donors (Lipinski definition) is 0. The summed E-state index contributed by atoms with van der Waals surface area (Å²) in [5.41, 5.74) is 2.24. The highest BCUT2D eigenvalue weighted by atomic mass is 35.5. The summed E-state index contributed by atoms with van der Waals surface area (Å²) >= 11 is 6.51. The predicted octanol–water partition coefficient (Wildman–Crippen LogP) is 6.47. The Morgan fingerprint density at radius 3 is 2.31 bits per heavy atom. The molecule has 0 atom stereocenters. The van der Waals surface area contributed by atoms with Gasteiger partial charge in [-0.25, -0.2) is 0 Å². The first-order chi connectivity index (χ1) is 17.5. The fourth-order valence-corrected chi connectivity index (χ4v) is 5.11. The van der Waals surface area contributed by atoms with Crippen molar-refractivity contribution in [1.82, 2.24) is 14.7 Å². The summed E-state index contributed by atoms with van der Waals surface area (Å²) in [5, 5.41) is 0.797. The van der Waals surface area contributed by atoms with Crippen LogP contribution in [0.1, 0.15) is 59.5 Å². The Bertz CT molecular complexity index is 1090. The lowest BCUT2D eigenvalue weighted by atomic mass is 9.93. The number of hydrogen-bond acceptors (Lipinski definition) is 4. The van der Waals surface area contributed by atoms with Crippen molar-refractivity contribution in [3.63, 3.8) is 0 Å². The normalized spacial score (nSPS) is 14.5. The third-order valence-electron chi connectivity index (χ3n) is 6.97. The Morgan fingerprint density at radius 1 is 0.861 bits per heavy atom. The number of amides is 1. The number of nitrogens with zero attached hydrogens (tertiary/aromatic N) is 3. The monoisotopic (exact) mass is 507 g/mol. The van der Waals surface area contributed by atoms with Gasteiger partial charge in [-0.15, -0.1) is 0 Å². The van der Waals surface area contributed by atoms with Gasteiger partial charge in [0.25, 0.3) is 5.91 Å². The van der Waals surface area contributed by atoms with Crippen molar-refractivity contribution in [2.75, 3.05) is 27.2 Å². The van der Waals surface area contributed by atoms with Gasteiger partial charge < -0.3 is 14.2 Å². The second-order valence-corrected chi connectivity index (χ2v) is 10.5. The minimum absolute atomic E-state index is 0.0673. The maximum absolute atomic E-state index is 13.5. The molecule has 3 aromatic rings. The van der Waals surface area contributed by atoms with Crippen molar-refractivity contribution in [2.24, 2.45) is 0 Å². The summed E-state index contributed by atoms with van der Waals surface area (Å²) in [4.78, 5) is 19.9. The van der Waals surface area contributed by atoms with Gasteiger partial charge in [-0.05, 0) is 56.3 Å². The van der Waals surface area contributed by atoms with Crippen LogP contribution in [0.3, 0.4) is 0 Å². The van der Waals surface area contributed by atoms with Crippen LogP contribution >= 0.6 is 11.6 Å². The Morgan fingerprint density at radius 2 is 1.58 bits per heavy atom. The van der Waals surface area contributed by atoms with Gasteiger partial charge in [0.15, 0.2) is 5.76 Å². The largest absolute Gasteiger partial charge is 0.455 e. The minimum atomic E-state index is -0.0673. The van der Waals surface area contributed by atoms with Gasteiger partial charge in [-0.1, -0.05) is 79.4 Å². The van der Waals surface area contributed by atoms with Crippen LogP contribution in [0.25, 0.3) is 0 Å². The molecule has 4 rings (SSSR count). The van der Waals surface area contributed by atoms with E-state index in [4.69, 9.17) is 16.0 Å². The summed E-state index contributed by atoms with van der Waals surface area (Å²) in [7, 11) is 4.05. The van der Waals surface area contributed by atoms with E-state index in [0.717, 1.165) is 35.0 Å². The van der Waals surface area contributed by atoms with Crippen LogP contribution in [0.4, 0.5) is 0 Å². The van der Waals surface area contributed by atoms with Crippen LogP contribution in [-0.2, 0) is 19.6 Å². The molecule has 1 saturated carbocycles. The highest BCUT2D eigenvalue weighted by Gasteiger charge is 2.25. The quantitative estimate of drug-likeness (QED) is 0.298. The molecule has 1 aliphatic carbocycles. The second-order valence-electron chi connectivity index (χ2n) is 10.1. The number of carbonyl (C=O) groups is 1. The van der Waals surface area contributed by atoms with Crippen LogP contribution in [-0.4, -0.2) is 53.8 Å². The second kappa shape index (κ2) is 13.1. The number of benzene rings is 2. The molecule has 192 valence electrons. The summed E-state index contributed by atoms with van der Waals surface area (Å²) in [6.07, 6.45) is 6.19. The summed E-state index contributed by atoms with van der Waals surface area (Å²) < 4.78 is 6.18. The molecule has 1 aromatic heterocycles. The standard InChI is InChI=1S/C30H38ClN3O2/c1-32(2)19-20-33(21-24-11-5-3-6-12-24)30(35)29-18-17-27(36-29)23-34(26-14-7-4-8-15-26)22-25-13-9-10-16-28(25)31/h3,5-6,9-13,16-18,26H,4,7-8,14-15,19-23H2,1-2H3. The number of rotatable bonds is 11. The first kappa shape index (κ1) is 26.5. The van der Waals surface area contributed by atoms with E-state index in [2.05, 4.69) is 28.0 Å². The van der Waals surface area contributed by atoms with E-state index in [-0.39, 0.29) is 5.91 Å². The van der Waals surface area contributed by atoms with Crippen molar-refractivity contribution >= 4 is 17.5 Å². The Labute approximate surface area is 220 Å². The topological polar surface area (TPSA) is 39.9 Å². The van der Waals surface area contributed by atoms with Crippen molar-refractivity contribution in [3.05, 3.63) is 94.4 Å². The summed E-state index contributed by atoms with van der Waals surface area (Å²) in [6, 6.07) is 22.5. The van der Waals surface area contributed by atoms with Crippen LogP contribution in [0.2, 0.25) is 5.02 Å². The van der Waals surface area contributed by atoms with E-state index in [1.807, 2.05) is 67.5 Å². The molecule has 5 nitrogen and oxygen atoms in total. The maximum atomic E-state index is 13.5. The Hall–Kier alpha value is -2.60. The number of likely N-dealkylation sites (N-methyl/N-ethyl adjacent to an activating group) is 1. The molecule has 0 spiro atoms. The van der Waals surface area contributed by atoms with Gasteiger partial charge in [-0.3, -0.25) is 9.69 Å². The fourth-order valence-electron chi connectivity index (χ4n) is 4.92. The number of halogens is 1.